The molecule has 6 heteroatoms. The standard InChI is InChI=1S/C14H17F2NO3/c15-12(16)9-20-8-6-13(19)17-7-2-4-10-3-1-5-11(18)14(10)17/h1,3,5,12,18H,2,4,6-9H2. The summed E-state index contributed by atoms with van der Waals surface area (Å²) in [5.41, 5.74) is 1.47. The van der Waals surface area contributed by atoms with Gasteiger partial charge in [0.1, 0.15) is 12.4 Å². The van der Waals surface area contributed by atoms with Gasteiger partial charge in [0.05, 0.1) is 18.7 Å². The number of fused-ring (bicyclic) bond motifs is 1. The van der Waals surface area contributed by atoms with E-state index in [2.05, 4.69) is 0 Å². The number of phenols is 1. The first-order valence-corrected chi connectivity index (χ1v) is 6.56. The van der Waals surface area contributed by atoms with Crippen LogP contribution in [0.1, 0.15) is 18.4 Å². The number of benzene rings is 1. The summed E-state index contributed by atoms with van der Waals surface area (Å²) in [4.78, 5) is 13.6. The molecular formula is C14H17F2NO3. The Balaban J connectivity index is 1.98. The van der Waals surface area contributed by atoms with Crippen molar-refractivity contribution in [2.24, 2.45) is 0 Å². The third-order valence-corrected chi connectivity index (χ3v) is 3.20. The molecule has 1 aromatic rings. The summed E-state index contributed by atoms with van der Waals surface area (Å²) >= 11 is 0. The van der Waals surface area contributed by atoms with Gasteiger partial charge < -0.3 is 14.7 Å². The number of aromatic hydroxyl groups is 1. The van der Waals surface area contributed by atoms with Gasteiger partial charge in [-0.05, 0) is 24.5 Å². The minimum Gasteiger partial charge on any atom is -0.506 e. The second kappa shape index (κ2) is 6.65. The number of carbonyl (C=O) groups excluding carboxylic acids is 1. The first kappa shape index (κ1) is 14.7. The van der Waals surface area contributed by atoms with Crippen LogP contribution in [0.2, 0.25) is 0 Å². The molecule has 0 unspecified atom stereocenters. The number of aryl methyl sites for hydroxylation is 1. The number of phenolic OH excluding ortho intramolecular Hbond substituents is 1. The summed E-state index contributed by atoms with van der Waals surface area (Å²) in [6.07, 6.45) is -0.861. The maximum absolute atomic E-state index is 12.1. The van der Waals surface area contributed by atoms with E-state index in [9.17, 15) is 18.7 Å². The molecule has 1 aliphatic rings. The van der Waals surface area contributed by atoms with Gasteiger partial charge in [-0.3, -0.25) is 4.79 Å². The van der Waals surface area contributed by atoms with Crippen molar-refractivity contribution >= 4 is 11.6 Å². The van der Waals surface area contributed by atoms with Crippen molar-refractivity contribution in [2.75, 3.05) is 24.7 Å². The highest BCUT2D eigenvalue weighted by molar-refractivity contribution is 5.96. The molecule has 1 amide bonds. The Hall–Kier alpha value is -1.69. The Bertz CT molecular complexity index is 479. The molecule has 0 saturated heterocycles. The topological polar surface area (TPSA) is 49.8 Å². The molecule has 110 valence electrons. The molecule has 0 bridgehead atoms. The zero-order valence-corrected chi connectivity index (χ0v) is 11.0. The summed E-state index contributed by atoms with van der Waals surface area (Å²) in [7, 11) is 0. The number of carbonyl (C=O) groups is 1. The van der Waals surface area contributed by atoms with Crippen LogP contribution in [-0.2, 0) is 16.0 Å². The van der Waals surface area contributed by atoms with Gasteiger partial charge in [0, 0.05) is 6.54 Å². The van der Waals surface area contributed by atoms with Crippen LogP contribution >= 0.6 is 0 Å². The minimum absolute atomic E-state index is 0.0283. The molecule has 0 aromatic heterocycles. The average molecular weight is 285 g/mol. The summed E-state index contributed by atoms with van der Waals surface area (Å²) < 4.78 is 28.5. The second-order valence-electron chi connectivity index (χ2n) is 4.65. The Morgan fingerprint density at radius 3 is 3.00 bits per heavy atom. The summed E-state index contributed by atoms with van der Waals surface area (Å²) in [5.74, 6) is -0.147. The van der Waals surface area contributed by atoms with Crippen LogP contribution in [0.3, 0.4) is 0 Å². The lowest BCUT2D eigenvalue weighted by molar-refractivity contribution is -0.120. The molecule has 1 heterocycles. The van der Waals surface area contributed by atoms with Gasteiger partial charge in [-0.15, -0.1) is 0 Å². The van der Waals surface area contributed by atoms with Crippen molar-refractivity contribution < 1.29 is 23.4 Å². The highest BCUT2D eigenvalue weighted by atomic mass is 19.3. The normalized spacial score (nSPS) is 14.4. The number of alkyl halides is 2. The van der Waals surface area contributed by atoms with Crippen molar-refractivity contribution in [1.29, 1.82) is 0 Å². The molecule has 0 fully saturated rings. The van der Waals surface area contributed by atoms with Crippen molar-refractivity contribution in [2.45, 2.75) is 25.7 Å². The van der Waals surface area contributed by atoms with E-state index >= 15 is 0 Å². The third kappa shape index (κ3) is 3.45. The summed E-state index contributed by atoms with van der Waals surface area (Å²) in [6, 6.07) is 5.16. The Kier molecular flexibility index (Phi) is 4.89. The van der Waals surface area contributed by atoms with E-state index in [0.29, 0.717) is 12.2 Å². The molecule has 0 saturated carbocycles. The van der Waals surface area contributed by atoms with Crippen molar-refractivity contribution in [3.8, 4) is 5.75 Å². The summed E-state index contributed by atoms with van der Waals surface area (Å²) in [6.45, 7) is -0.171. The highest BCUT2D eigenvalue weighted by Gasteiger charge is 2.24. The SMILES string of the molecule is O=C(CCOCC(F)F)N1CCCc2cccc(O)c21. The molecule has 0 radical (unpaired) electrons. The monoisotopic (exact) mass is 285 g/mol. The maximum Gasteiger partial charge on any atom is 0.261 e. The van der Waals surface area contributed by atoms with E-state index in [1.54, 1.807) is 6.07 Å². The molecule has 0 atom stereocenters. The number of halogens is 2. The number of nitrogens with zero attached hydrogens (tertiary/aromatic N) is 1. The molecular weight excluding hydrogens is 268 g/mol. The molecule has 1 N–H and O–H groups in total. The van der Waals surface area contributed by atoms with Gasteiger partial charge in [-0.1, -0.05) is 12.1 Å². The predicted octanol–water partition coefficient (Wildman–Crippen LogP) is 2.34. The van der Waals surface area contributed by atoms with Crippen LogP contribution in [-0.4, -0.2) is 37.2 Å². The molecule has 0 aliphatic carbocycles. The largest absolute Gasteiger partial charge is 0.506 e. The number of anilines is 1. The molecule has 4 nitrogen and oxygen atoms in total. The molecule has 1 aliphatic heterocycles. The molecule has 0 spiro atoms. The fourth-order valence-corrected chi connectivity index (χ4v) is 2.35. The number of amides is 1. The average Bonchev–Trinajstić information content (AvgIpc) is 2.43. The Morgan fingerprint density at radius 1 is 1.45 bits per heavy atom. The number of hydrogen-bond acceptors (Lipinski definition) is 3. The van der Waals surface area contributed by atoms with E-state index in [0.717, 1.165) is 18.4 Å². The van der Waals surface area contributed by atoms with Crippen LogP contribution in [0, 0.1) is 0 Å². The third-order valence-electron chi connectivity index (χ3n) is 3.20. The summed E-state index contributed by atoms with van der Waals surface area (Å²) in [5, 5.41) is 9.90. The van der Waals surface area contributed by atoms with E-state index in [1.165, 1.54) is 11.0 Å². The quantitative estimate of drug-likeness (QED) is 0.845. The van der Waals surface area contributed by atoms with Crippen LogP contribution < -0.4 is 4.90 Å². The van der Waals surface area contributed by atoms with E-state index in [1.807, 2.05) is 6.07 Å². The molecule has 2 rings (SSSR count). The number of hydrogen-bond donors (Lipinski definition) is 1. The molecule has 1 aromatic carbocycles. The highest BCUT2D eigenvalue weighted by Crippen LogP contribution is 2.35. The van der Waals surface area contributed by atoms with Crippen LogP contribution in [0.4, 0.5) is 14.5 Å². The van der Waals surface area contributed by atoms with Gasteiger partial charge in [0.25, 0.3) is 6.43 Å². The van der Waals surface area contributed by atoms with Crippen LogP contribution in [0.5, 0.6) is 5.75 Å². The van der Waals surface area contributed by atoms with Crippen LogP contribution in [0.15, 0.2) is 18.2 Å². The number of rotatable bonds is 5. The number of ether oxygens (including phenoxy) is 1. The van der Waals surface area contributed by atoms with Gasteiger partial charge >= 0.3 is 0 Å². The van der Waals surface area contributed by atoms with E-state index < -0.39 is 13.0 Å². The first-order valence-electron chi connectivity index (χ1n) is 6.56. The lowest BCUT2D eigenvalue weighted by Crippen LogP contribution is -2.36. The minimum atomic E-state index is -2.52. The Morgan fingerprint density at radius 2 is 2.25 bits per heavy atom. The fourth-order valence-electron chi connectivity index (χ4n) is 2.35. The smallest absolute Gasteiger partial charge is 0.261 e. The van der Waals surface area contributed by atoms with Gasteiger partial charge in [-0.25, -0.2) is 8.78 Å². The lowest BCUT2D eigenvalue weighted by atomic mass is 10.0. The zero-order valence-electron chi connectivity index (χ0n) is 11.0. The van der Waals surface area contributed by atoms with Crippen molar-refractivity contribution in [3.63, 3.8) is 0 Å². The Labute approximate surface area is 116 Å². The van der Waals surface area contributed by atoms with Gasteiger partial charge in [0.15, 0.2) is 0 Å². The van der Waals surface area contributed by atoms with E-state index in [-0.39, 0.29) is 24.7 Å². The second-order valence-corrected chi connectivity index (χ2v) is 4.65. The molecule has 20 heavy (non-hydrogen) atoms. The van der Waals surface area contributed by atoms with E-state index in [4.69, 9.17) is 4.74 Å². The number of para-hydroxylation sites is 1. The van der Waals surface area contributed by atoms with Gasteiger partial charge in [-0.2, -0.15) is 0 Å². The first-order chi connectivity index (χ1) is 9.59. The zero-order chi connectivity index (χ0) is 14.5. The van der Waals surface area contributed by atoms with Crippen LogP contribution in [0.25, 0.3) is 0 Å². The fraction of sp³-hybridized carbons (Fsp3) is 0.500. The predicted molar refractivity (Wildman–Crippen MR) is 70.2 cm³/mol. The van der Waals surface area contributed by atoms with Crippen molar-refractivity contribution in [3.05, 3.63) is 23.8 Å². The maximum atomic E-state index is 12.1. The van der Waals surface area contributed by atoms with Gasteiger partial charge in [0.2, 0.25) is 5.91 Å². The van der Waals surface area contributed by atoms with Crippen molar-refractivity contribution in [1.82, 2.24) is 0 Å². The lowest BCUT2D eigenvalue weighted by Gasteiger charge is -2.30.